The lowest BCUT2D eigenvalue weighted by Crippen LogP contribution is -2.51. The maximum atomic E-state index is 11.9. The summed E-state index contributed by atoms with van der Waals surface area (Å²) >= 11 is 0. The first-order chi connectivity index (χ1) is 8.29. The Labute approximate surface area is 109 Å². The van der Waals surface area contributed by atoms with Crippen molar-refractivity contribution in [3.05, 3.63) is 0 Å². The quantitative estimate of drug-likeness (QED) is 0.579. The lowest BCUT2D eigenvalue weighted by Gasteiger charge is -2.35. The van der Waals surface area contributed by atoms with Gasteiger partial charge < -0.3 is 15.3 Å². The lowest BCUT2D eigenvalue weighted by atomic mass is 10.1. The van der Waals surface area contributed by atoms with E-state index in [0.29, 0.717) is 13.0 Å². The average Bonchev–Trinajstić information content (AvgIpc) is 2.22. The molecule has 0 rings (SSSR count). The zero-order valence-corrected chi connectivity index (χ0v) is 11.5. The number of carboxylic acid groups (broad SMARTS) is 1. The van der Waals surface area contributed by atoms with Crippen LogP contribution in [-0.4, -0.2) is 40.6 Å². The van der Waals surface area contributed by atoms with Crippen molar-refractivity contribution in [3.63, 3.8) is 0 Å². The minimum absolute atomic E-state index is 0.0561. The molecule has 2 N–H and O–H groups in total. The second kappa shape index (κ2) is 7.59. The van der Waals surface area contributed by atoms with Crippen LogP contribution in [0.3, 0.4) is 0 Å². The molecule has 0 radical (unpaired) electrons. The molecule has 5 heteroatoms. The van der Waals surface area contributed by atoms with Gasteiger partial charge in [-0.25, -0.2) is 4.79 Å². The molecule has 0 bridgehead atoms. The molecule has 0 aliphatic rings. The zero-order chi connectivity index (χ0) is 14.2. The van der Waals surface area contributed by atoms with Crippen LogP contribution in [0.1, 0.15) is 40.5 Å². The number of carbonyl (C=O) groups excluding carboxylic acids is 1. The number of carbonyl (C=O) groups is 2. The molecule has 18 heavy (non-hydrogen) atoms. The highest BCUT2D eigenvalue weighted by molar-refractivity contribution is 5.76. The molecule has 0 saturated carbocycles. The number of amides is 2. The third-order valence-corrected chi connectivity index (χ3v) is 2.31. The first kappa shape index (κ1) is 16.3. The van der Waals surface area contributed by atoms with Gasteiger partial charge in [-0.1, -0.05) is 0 Å². The van der Waals surface area contributed by atoms with Crippen molar-refractivity contribution in [1.82, 2.24) is 10.2 Å². The Bertz CT molecular complexity index is 347. The normalized spacial score (nSPS) is 10.2. The molecule has 0 fully saturated rings. The SMILES string of the molecule is CC#CCCNC(=O)N(CCC(=O)O)C(C)(C)C. The largest absolute Gasteiger partial charge is 0.481 e. The molecule has 0 aliphatic heterocycles. The molecule has 0 aliphatic carbocycles. The van der Waals surface area contributed by atoms with Crippen LogP contribution in [0, 0.1) is 11.8 Å². The van der Waals surface area contributed by atoms with Crippen LogP contribution < -0.4 is 5.32 Å². The third kappa shape index (κ3) is 6.79. The van der Waals surface area contributed by atoms with Gasteiger partial charge in [-0.3, -0.25) is 4.79 Å². The molecule has 0 aromatic rings. The number of rotatable bonds is 5. The van der Waals surface area contributed by atoms with Crippen LogP contribution in [0.15, 0.2) is 0 Å². The smallest absolute Gasteiger partial charge is 0.317 e. The summed E-state index contributed by atoms with van der Waals surface area (Å²) in [6.07, 6.45) is 0.540. The summed E-state index contributed by atoms with van der Waals surface area (Å²) in [5.74, 6) is 4.69. The number of urea groups is 1. The van der Waals surface area contributed by atoms with Gasteiger partial charge in [0.05, 0.1) is 6.42 Å². The van der Waals surface area contributed by atoms with E-state index in [4.69, 9.17) is 5.11 Å². The van der Waals surface area contributed by atoms with E-state index in [1.54, 1.807) is 6.92 Å². The summed E-state index contributed by atoms with van der Waals surface area (Å²) in [7, 11) is 0. The summed E-state index contributed by atoms with van der Waals surface area (Å²) in [6.45, 7) is 8.04. The standard InChI is InChI=1S/C13H22N2O3/c1-5-6-7-9-14-12(18)15(13(2,3)4)10-8-11(16)17/h7-10H2,1-4H3,(H,14,18)(H,16,17). The summed E-state index contributed by atoms with van der Waals surface area (Å²) in [6, 6.07) is -0.248. The van der Waals surface area contributed by atoms with Crippen molar-refractivity contribution in [1.29, 1.82) is 0 Å². The summed E-state index contributed by atoms with van der Waals surface area (Å²) in [4.78, 5) is 24.0. The van der Waals surface area contributed by atoms with Crippen LogP contribution in [-0.2, 0) is 4.79 Å². The Morgan fingerprint density at radius 1 is 1.33 bits per heavy atom. The lowest BCUT2D eigenvalue weighted by molar-refractivity contribution is -0.137. The van der Waals surface area contributed by atoms with Gasteiger partial charge in [-0.05, 0) is 27.7 Å². The van der Waals surface area contributed by atoms with E-state index >= 15 is 0 Å². The average molecular weight is 254 g/mol. The number of aliphatic carboxylic acids is 1. The molecular weight excluding hydrogens is 232 g/mol. The highest BCUT2D eigenvalue weighted by atomic mass is 16.4. The van der Waals surface area contributed by atoms with Gasteiger partial charge in [0.25, 0.3) is 0 Å². The van der Waals surface area contributed by atoms with Gasteiger partial charge in [-0.2, -0.15) is 0 Å². The van der Waals surface area contributed by atoms with E-state index in [9.17, 15) is 9.59 Å². The van der Waals surface area contributed by atoms with Crippen molar-refractivity contribution in [2.24, 2.45) is 0 Å². The molecule has 0 aromatic carbocycles. The monoisotopic (exact) mass is 254 g/mol. The number of nitrogens with zero attached hydrogens (tertiary/aromatic N) is 1. The molecule has 0 spiro atoms. The van der Waals surface area contributed by atoms with Gasteiger partial charge in [0.1, 0.15) is 0 Å². The second-order valence-corrected chi connectivity index (χ2v) is 4.87. The number of carboxylic acids is 1. The summed E-state index contributed by atoms with van der Waals surface area (Å²) in [5, 5.41) is 11.4. The van der Waals surface area contributed by atoms with E-state index < -0.39 is 11.5 Å². The molecule has 0 saturated heterocycles. The van der Waals surface area contributed by atoms with Crippen molar-refractivity contribution in [3.8, 4) is 11.8 Å². The molecule has 2 amide bonds. The van der Waals surface area contributed by atoms with Gasteiger partial charge in [0, 0.05) is 25.0 Å². The number of hydrogen-bond donors (Lipinski definition) is 2. The Balaban J connectivity index is 4.40. The van der Waals surface area contributed by atoms with Gasteiger partial charge in [0.15, 0.2) is 0 Å². The molecule has 0 unspecified atom stereocenters. The fraction of sp³-hybridized carbons (Fsp3) is 0.692. The van der Waals surface area contributed by atoms with Crippen LogP contribution in [0.2, 0.25) is 0 Å². The fourth-order valence-electron chi connectivity index (χ4n) is 1.40. The van der Waals surface area contributed by atoms with Crippen molar-refractivity contribution < 1.29 is 14.7 Å². The predicted octanol–water partition coefficient (Wildman–Crippen LogP) is 1.68. The van der Waals surface area contributed by atoms with Gasteiger partial charge in [0.2, 0.25) is 0 Å². The van der Waals surface area contributed by atoms with E-state index in [1.165, 1.54) is 4.90 Å². The Hall–Kier alpha value is -1.70. The third-order valence-electron chi connectivity index (χ3n) is 2.31. The topological polar surface area (TPSA) is 69.6 Å². The Morgan fingerprint density at radius 3 is 2.39 bits per heavy atom. The van der Waals surface area contributed by atoms with E-state index in [1.807, 2.05) is 20.8 Å². The molecule has 0 atom stereocenters. The molecule has 0 aromatic heterocycles. The minimum atomic E-state index is -0.908. The molecule has 102 valence electrons. The minimum Gasteiger partial charge on any atom is -0.481 e. The van der Waals surface area contributed by atoms with Crippen LogP contribution in [0.5, 0.6) is 0 Å². The van der Waals surface area contributed by atoms with Crippen LogP contribution in [0.25, 0.3) is 0 Å². The van der Waals surface area contributed by atoms with E-state index in [-0.39, 0.29) is 19.0 Å². The maximum Gasteiger partial charge on any atom is 0.317 e. The van der Waals surface area contributed by atoms with Gasteiger partial charge in [-0.15, -0.1) is 11.8 Å². The number of hydrogen-bond acceptors (Lipinski definition) is 2. The molecular formula is C13H22N2O3. The zero-order valence-electron chi connectivity index (χ0n) is 11.5. The van der Waals surface area contributed by atoms with Crippen LogP contribution in [0.4, 0.5) is 4.79 Å². The first-order valence-corrected chi connectivity index (χ1v) is 5.96. The highest BCUT2D eigenvalue weighted by Crippen LogP contribution is 2.13. The fourth-order valence-corrected chi connectivity index (χ4v) is 1.40. The molecule has 0 heterocycles. The summed E-state index contributed by atoms with van der Waals surface area (Å²) < 4.78 is 0. The van der Waals surface area contributed by atoms with E-state index in [0.717, 1.165) is 0 Å². The van der Waals surface area contributed by atoms with Crippen molar-refractivity contribution in [2.45, 2.75) is 46.1 Å². The number of nitrogens with one attached hydrogen (secondary N) is 1. The maximum absolute atomic E-state index is 11.9. The predicted molar refractivity (Wildman–Crippen MR) is 70.2 cm³/mol. The highest BCUT2D eigenvalue weighted by Gasteiger charge is 2.26. The Morgan fingerprint density at radius 2 is 1.94 bits per heavy atom. The second-order valence-electron chi connectivity index (χ2n) is 4.87. The Kier molecular flexibility index (Phi) is 6.88. The van der Waals surface area contributed by atoms with Crippen molar-refractivity contribution in [2.75, 3.05) is 13.1 Å². The molecule has 5 nitrogen and oxygen atoms in total. The first-order valence-electron chi connectivity index (χ1n) is 5.96. The van der Waals surface area contributed by atoms with Crippen LogP contribution >= 0.6 is 0 Å². The van der Waals surface area contributed by atoms with E-state index in [2.05, 4.69) is 17.2 Å². The van der Waals surface area contributed by atoms with Crippen molar-refractivity contribution >= 4 is 12.0 Å². The van der Waals surface area contributed by atoms with Gasteiger partial charge >= 0.3 is 12.0 Å². The summed E-state index contributed by atoms with van der Waals surface area (Å²) in [5.41, 5.74) is -0.407.